The first-order valence-corrected chi connectivity index (χ1v) is 9.33. The van der Waals surface area contributed by atoms with E-state index in [0.717, 1.165) is 10.5 Å². The zero-order valence-corrected chi connectivity index (χ0v) is 14.8. The highest BCUT2D eigenvalue weighted by Crippen LogP contribution is 2.27. The maximum Gasteiger partial charge on any atom is 0.269 e. The molecule has 0 spiro atoms. The number of thiazole rings is 1. The molecule has 25 heavy (non-hydrogen) atoms. The lowest BCUT2D eigenvalue weighted by molar-refractivity contribution is -0.384. The second-order valence-electron chi connectivity index (χ2n) is 5.00. The Bertz CT molecular complexity index is 923. The summed E-state index contributed by atoms with van der Waals surface area (Å²) in [6, 6.07) is 13.5. The number of nitrogens with one attached hydrogen (secondary N) is 1. The van der Waals surface area contributed by atoms with Gasteiger partial charge in [0.25, 0.3) is 11.6 Å². The second-order valence-corrected chi connectivity index (χ2v) is 6.70. The summed E-state index contributed by atoms with van der Waals surface area (Å²) in [5.41, 5.74) is 2.04. The lowest BCUT2D eigenvalue weighted by Gasteiger charge is -2.06. The minimum Gasteiger partial charge on any atom is -0.298 e. The number of carbonyl (C=O) groups excluding carboxylic acids is 1. The van der Waals surface area contributed by atoms with E-state index in [1.165, 1.54) is 35.2 Å². The van der Waals surface area contributed by atoms with E-state index in [1.807, 2.05) is 24.5 Å². The van der Waals surface area contributed by atoms with Gasteiger partial charge in [-0.05, 0) is 30.5 Å². The molecule has 0 saturated heterocycles. The van der Waals surface area contributed by atoms with Gasteiger partial charge < -0.3 is 0 Å². The molecule has 0 aliphatic carbocycles. The minimum atomic E-state index is -0.445. The quantitative estimate of drug-likeness (QED) is 0.399. The van der Waals surface area contributed by atoms with E-state index in [4.69, 9.17) is 0 Å². The van der Waals surface area contributed by atoms with Crippen molar-refractivity contribution in [1.29, 1.82) is 0 Å². The van der Waals surface area contributed by atoms with Crippen LogP contribution >= 0.6 is 23.1 Å². The SMILES string of the molecule is CSc1ccccc1C(=O)Nc1nc(-c2ccc([N+](=O)[O-])cc2)cs1. The minimum absolute atomic E-state index is 0.0289. The number of benzene rings is 2. The third kappa shape index (κ3) is 3.86. The lowest BCUT2D eigenvalue weighted by atomic mass is 10.1. The van der Waals surface area contributed by atoms with E-state index >= 15 is 0 Å². The number of hydrogen-bond donors (Lipinski definition) is 1. The molecule has 0 unspecified atom stereocenters. The summed E-state index contributed by atoms with van der Waals surface area (Å²) in [5, 5.41) is 15.8. The summed E-state index contributed by atoms with van der Waals surface area (Å²) >= 11 is 2.81. The summed E-state index contributed by atoms with van der Waals surface area (Å²) in [6.07, 6.45) is 1.92. The summed E-state index contributed by atoms with van der Waals surface area (Å²) in [4.78, 5) is 28.0. The van der Waals surface area contributed by atoms with Crippen LogP contribution in [0.5, 0.6) is 0 Å². The number of thioether (sulfide) groups is 1. The van der Waals surface area contributed by atoms with Gasteiger partial charge in [-0.15, -0.1) is 23.1 Å². The number of anilines is 1. The van der Waals surface area contributed by atoms with Crippen LogP contribution in [0.15, 0.2) is 58.8 Å². The van der Waals surface area contributed by atoms with Crippen LogP contribution in [0.25, 0.3) is 11.3 Å². The Morgan fingerprint density at radius 1 is 1.20 bits per heavy atom. The first-order valence-electron chi connectivity index (χ1n) is 7.23. The number of rotatable bonds is 5. The summed E-state index contributed by atoms with van der Waals surface area (Å²) in [5.74, 6) is -0.213. The standard InChI is InChI=1S/C17H13N3O3S2/c1-24-15-5-3-2-4-13(15)16(21)19-17-18-14(10-25-17)11-6-8-12(9-7-11)20(22)23/h2-10H,1H3,(H,18,19,21). The predicted molar refractivity (Wildman–Crippen MR) is 100 cm³/mol. The molecule has 3 rings (SSSR count). The number of nitro groups is 1. The number of non-ortho nitro benzene ring substituents is 1. The normalized spacial score (nSPS) is 10.4. The van der Waals surface area contributed by atoms with E-state index in [9.17, 15) is 14.9 Å². The molecular formula is C17H13N3O3S2. The molecule has 6 nitrogen and oxygen atoms in total. The molecule has 3 aromatic rings. The van der Waals surface area contributed by atoms with Crippen LogP contribution in [0.2, 0.25) is 0 Å². The average molecular weight is 371 g/mol. The number of nitro benzene ring substituents is 1. The molecule has 126 valence electrons. The molecular weight excluding hydrogens is 358 g/mol. The van der Waals surface area contributed by atoms with Crippen molar-refractivity contribution >= 4 is 39.8 Å². The molecule has 0 saturated carbocycles. The molecule has 0 aliphatic heterocycles. The van der Waals surface area contributed by atoms with E-state index in [1.54, 1.807) is 23.6 Å². The highest BCUT2D eigenvalue weighted by Gasteiger charge is 2.13. The Morgan fingerprint density at radius 3 is 2.60 bits per heavy atom. The van der Waals surface area contributed by atoms with Crippen LogP contribution in [0.3, 0.4) is 0 Å². The zero-order valence-electron chi connectivity index (χ0n) is 13.1. The van der Waals surface area contributed by atoms with Gasteiger partial charge >= 0.3 is 0 Å². The summed E-state index contributed by atoms with van der Waals surface area (Å²) in [6.45, 7) is 0. The Morgan fingerprint density at radius 2 is 1.92 bits per heavy atom. The van der Waals surface area contributed by atoms with Crippen molar-refractivity contribution in [3.05, 3.63) is 69.6 Å². The van der Waals surface area contributed by atoms with Crippen molar-refractivity contribution in [2.24, 2.45) is 0 Å². The third-order valence-electron chi connectivity index (χ3n) is 3.45. The molecule has 1 N–H and O–H groups in total. The number of hydrogen-bond acceptors (Lipinski definition) is 6. The van der Waals surface area contributed by atoms with Crippen molar-refractivity contribution in [2.75, 3.05) is 11.6 Å². The number of nitrogens with zero attached hydrogens (tertiary/aromatic N) is 2. The van der Waals surface area contributed by atoms with Gasteiger partial charge in [0.15, 0.2) is 5.13 Å². The van der Waals surface area contributed by atoms with Crippen LogP contribution < -0.4 is 5.32 Å². The zero-order chi connectivity index (χ0) is 17.8. The largest absolute Gasteiger partial charge is 0.298 e. The molecule has 1 amide bonds. The van der Waals surface area contributed by atoms with Crippen molar-refractivity contribution in [3.63, 3.8) is 0 Å². The van der Waals surface area contributed by atoms with E-state index in [2.05, 4.69) is 10.3 Å². The van der Waals surface area contributed by atoms with Gasteiger partial charge in [-0.25, -0.2) is 4.98 Å². The van der Waals surface area contributed by atoms with Gasteiger partial charge in [-0.1, -0.05) is 12.1 Å². The number of carbonyl (C=O) groups is 1. The summed E-state index contributed by atoms with van der Waals surface area (Å²) < 4.78 is 0. The highest BCUT2D eigenvalue weighted by atomic mass is 32.2. The van der Waals surface area contributed by atoms with Crippen LogP contribution in [-0.2, 0) is 0 Å². The topological polar surface area (TPSA) is 85.1 Å². The van der Waals surface area contributed by atoms with E-state index in [-0.39, 0.29) is 11.6 Å². The number of amides is 1. The van der Waals surface area contributed by atoms with Gasteiger partial charge in [-0.2, -0.15) is 0 Å². The van der Waals surface area contributed by atoms with Crippen LogP contribution in [0.1, 0.15) is 10.4 Å². The van der Waals surface area contributed by atoms with Gasteiger partial charge in [0.2, 0.25) is 0 Å². The Balaban J connectivity index is 1.77. The van der Waals surface area contributed by atoms with Crippen molar-refractivity contribution in [3.8, 4) is 11.3 Å². The molecule has 1 heterocycles. The first kappa shape index (κ1) is 17.1. The van der Waals surface area contributed by atoms with E-state index < -0.39 is 4.92 Å². The fourth-order valence-corrected chi connectivity index (χ4v) is 3.52. The fourth-order valence-electron chi connectivity index (χ4n) is 2.21. The fraction of sp³-hybridized carbons (Fsp3) is 0.0588. The average Bonchev–Trinajstić information content (AvgIpc) is 3.10. The third-order valence-corrected chi connectivity index (χ3v) is 5.00. The van der Waals surface area contributed by atoms with Crippen LogP contribution in [-0.4, -0.2) is 22.1 Å². The Hall–Kier alpha value is -2.71. The van der Waals surface area contributed by atoms with Gasteiger partial charge in [0, 0.05) is 28.0 Å². The second kappa shape index (κ2) is 7.45. The summed E-state index contributed by atoms with van der Waals surface area (Å²) in [7, 11) is 0. The van der Waals surface area contributed by atoms with Crippen molar-refractivity contribution < 1.29 is 9.72 Å². The van der Waals surface area contributed by atoms with Gasteiger partial charge in [0.05, 0.1) is 16.2 Å². The smallest absolute Gasteiger partial charge is 0.269 e. The molecule has 0 atom stereocenters. The number of aromatic nitrogens is 1. The Kier molecular flexibility index (Phi) is 5.11. The van der Waals surface area contributed by atoms with Crippen molar-refractivity contribution in [1.82, 2.24) is 4.98 Å². The van der Waals surface area contributed by atoms with Gasteiger partial charge in [-0.3, -0.25) is 20.2 Å². The molecule has 1 aromatic heterocycles. The van der Waals surface area contributed by atoms with Crippen LogP contribution in [0.4, 0.5) is 10.8 Å². The first-order chi connectivity index (χ1) is 12.1. The highest BCUT2D eigenvalue weighted by molar-refractivity contribution is 7.98. The maximum atomic E-state index is 12.4. The molecule has 0 aliphatic rings. The molecule has 2 aromatic carbocycles. The molecule has 0 radical (unpaired) electrons. The lowest BCUT2D eigenvalue weighted by Crippen LogP contribution is -2.12. The Labute approximate surface area is 152 Å². The monoisotopic (exact) mass is 371 g/mol. The molecule has 0 fully saturated rings. The van der Waals surface area contributed by atoms with Crippen LogP contribution in [0, 0.1) is 10.1 Å². The van der Waals surface area contributed by atoms with Crippen molar-refractivity contribution in [2.45, 2.75) is 4.90 Å². The molecule has 0 bridgehead atoms. The van der Waals surface area contributed by atoms with Gasteiger partial charge in [0.1, 0.15) is 0 Å². The predicted octanol–water partition coefficient (Wildman–Crippen LogP) is 4.69. The molecule has 8 heteroatoms. The maximum absolute atomic E-state index is 12.4. The van der Waals surface area contributed by atoms with E-state index in [0.29, 0.717) is 16.4 Å².